The standard InChI is InChI=1S/C12H16BrN3O3/c1-2-3-8(7-14)15-12(17)10-6-9(16(18)19)4-5-11(10)13/h4-6,8H,2-3,7,14H2,1H3,(H,15,17). The molecule has 6 nitrogen and oxygen atoms in total. The smallest absolute Gasteiger partial charge is 0.270 e. The number of halogens is 1. The van der Waals surface area contributed by atoms with E-state index < -0.39 is 4.92 Å². The van der Waals surface area contributed by atoms with Gasteiger partial charge in [-0.2, -0.15) is 0 Å². The van der Waals surface area contributed by atoms with Crippen molar-refractivity contribution in [1.82, 2.24) is 5.32 Å². The molecule has 0 saturated heterocycles. The van der Waals surface area contributed by atoms with Gasteiger partial charge in [0.15, 0.2) is 0 Å². The maximum Gasteiger partial charge on any atom is 0.270 e. The summed E-state index contributed by atoms with van der Waals surface area (Å²) in [4.78, 5) is 22.2. The van der Waals surface area contributed by atoms with Crippen molar-refractivity contribution < 1.29 is 9.72 Å². The molecule has 0 aliphatic rings. The second-order valence-corrected chi connectivity index (χ2v) is 4.97. The van der Waals surface area contributed by atoms with Crippen molar-refractivity contribution in [3.63, 3.8) is 0 Å². The highest BCUT2D eigenvalue weighted by atomic mass is 79.9. The van der Waals surface area contributed by atoms with Gasteiger partial charge in [-0.05, 0) is 28.4 Å². The van der Waals surface area contributed by atoms with E-state index in [4.69, 9.17) is 5.73 Å². The number of nitrogens with one attached hydrogen (secondary N) is 1. The minimum absolute atomic E-state index is 0.117. The lowest BCUT2D eigenvalue weighted by Gasteiger charge is -2.16. The monoisotopic (exact) mass is 329 g/mol. The lowest BCUT2D eigenvalue weighted by Crippen LogP contribution is -2.40. The lowest BCUT2D eigenvalue weighted by atomic mass is 10.1. The minimum atomic E-state index is -0.532. The molecular weight excluding hydrogens is 314 g/mol. The Hall–Kier alpha value is -1.47. The highest BCUT2D eigenvalue weighted by Crippen LogP contribution is 2.22. The molecule has 3 N–H and O–H groups in total. The van der Waals surface area contributed by atoms with Crippen LogP contribution in [-0.4, -0.2) is 23.4 Å². The first kappa shape index (κ1) is 15.6. The van der Waals surface area contributed by atoms with Gasteiger partial charge in [-0.1, -0.05) is 13.3 Å². The van der Waals surface area contributed by atoms with Crippen LogP contribution >= 0.6 is 15.9 Å². The molecule has 0 bridgehead atoms. The largest absolute Gasteiger partial charge is 0.348 e. The molecule has 0 aromatic heterocycles. The quantitative estimate of drug-likeness (QED) is 0.617. The van der Waals surface area contributed by atoms with Crippen molar-refractivity contribution in [2.75, 3.05) is 6.54 Å². The van der Waals surface area contributed by atoms with E-state index in [1.807, 2.05) is 6.92 Å². The Morgan fingerprint density at radius 1 is 1.58 bits per heavy atom. The highest BCUT2D eigenvalue weighted by Gasteiger charge is 2.17. The molecule has 1 amide bonds. The van der Waals surface area contributed by atoms with Gasteiger partial charge in [0.1, 0.15) is 0 Å². The molecule has 0 saturated carbocycles. The molecule has 7 heteroatoms. The topological polar surface area (TPSA) is 98.3 Å². The molecule has 1 atom stereocenters. The molecule has 0 spiro atoms. The molecule has 1 aromatic carbocycles. The number of nitro groups is 1. The van der Waals surface area contributed by atoms with Crippen LogP contribution in [-0.2, 0) is 0 Å². The fourth-order valence-electron chi connectivity index (χ4n) is 1.66. The van der Waals surface area contributed by atoms with Crippen LogP contribution in [0.2, 0.25) is 0 Å². The zero-order valence-corrected chi connectivity index (χ0v) is 12.1. The van der Waals surface area contributed by atoms with Gasteiger partial charge in [0.25, 0.3) is 11.6 Å². The van der Waals surface area contributed by atoms with Gasteiger partial charge in [0.2, 0.25) is 0 Å². The van der Waals surface area contributed by atoms with E-state index in [1.54, 1.807) is 0 Å². The number of hydrogen-bond acceptors (Lipinski definition) is 4. The third kappa shape index (κ3) is 4.29. The predicted molar refractivity (Wildman–Crippen MR) is 76.0 cm³/mol. The Morgan fingerprint density at radius 2 is 2.26 bits per heavy atom. The summed E-state index contributed by atoms with van der Waals surface area (Å²) in [6.07, 6.45) is 1.67. The van der Waals surface area contributed by atoms with Crippen LogP contribution in [0.5, 0.6) is 0 Å². The average Bonchev–Trinajstić information content (AvgIpc) is 2.38. The number of rotatable bonds is 6. The molecule has 104 valence electrons. The number of nitrogens with two attached hydrogens (primary N) is 1. The molecular formula is C12H16BrN3O3. The van der Waals surface area contributed by atoms with E-state index in [9.17, 15) is 14.9 Å². The van der Waals surface area contributed by atoms with Crippen LogP contribution in [0.1, 0.15) is 30.1 Å². The maximum atomic E-state index is 12.1. The van der Waals surface area contributed by atoms with E-state index >= 15 is 0 Å². The summed E-state index contributed by atoms with van der Waals surface area (Å²) in [5.41, 5.74) is 5.69. The average molecular weight is 330 g/mol. The van der Waals surface area contributed by atoms with Crippen molar-refractivity contribution in [2.24, 2.45) is 5.73 Å². The summed E-state index contributed by atoms with van der Waals surface area (Å²) in [6, 6.07) is 3.96. The number of nitro benzene ring substituents is 1. The molecule has 0 aliphatic carbocycles. The Bertz CT molecular complexity index is 479. The summed E-state index contributed by atoms with van der Waals surface area (Å²) < 4.78 is 0.517. The molecule has 0 fully saturated rings. The fourth-order valence-corrected chi connectivity index (χ4v) is 2.09. The van der Waals surface area contributed by atoms with E-state index in [-0.39, 0.29) is 23.2 Å². The van der Waals surface area contributed by atoms with Crippen LogP contribution in [0.4, 0.5) is 5.69 Å². The third-order valence-electron chi connectivity index (χ3n) is 2.66. The summed E-state index contributed by atoms with van der Waals surface area (Å²) in [6.45, 7) is 2.34. The summed E-state index contributed by atoms with van der Waals surface area (Å²) >= 11 is 3.22. The van der Waals surface area contributed by atoms with E-state index in [2.05, 4.69) is 21.2 Å². The Labute approximate surface area is 119 Å². The van der Waals surface area contributed by atoms with Crippen molar-refractivity contribution in [1.29, 1.82) is 0 Å². The SMILES string of the molecule is CCCC(CN)NC(=O)c1cc([N+](=O)[O-])ccc1Br. The van der Waals surface area contributed by atoms with Gasteiger partial charge in [-0.15, -0.1) is 0 Å². The number of carbonyl (C=O) groups excluding carboxylic acids is 1. The Morgan fingerprint density at radius 3 is 2.79 bits per heavy atom. The van der Waals surface area contributed by atoms with Crippen LogP contribution in [0.15, 0.2) is 22.7 Å². The molecule has 0 radical (unpaired) electrons. The Kier molecular flexibility index (Phi) is 5.91. The Balaban J connectivity index is 2.92. The number of hydrogen-bond donors (Lipinski definition) is 2. The first-order valence-electron chi connectivity index (χ1n) is 5.94. The highest BCUT2D eigenvalue weighted by molar-refractivity contribution is 9.10. The van der Waals surface area contributed by atoms with Crippen LogP contribution < -0.4 is 11.1 Å². The van der Waals surface area contributed by atoms with Gasteiger partial charge >= 0.3 is 0 Å². The van der Waals surface area contributed by atoms with Crippen LogP contribution in [0.3, 0.4) is 0 Å². The first-order chi connectivity index (χ1) is 8.99. The van der Waals surface area contributed by atoms with Gasteiger partial charge in [-0.25, -0.2) is 0 Å². The van der Waals surface area contributed by atoms with Gasteiger partial charge in [-0.3, -0.25) is 14.9 Å². The summed E-state index contributed by atoms with van der Waals surface area (Å²) in [5.74, 6) is -0.362. The van der Waals surface area contributed by atoms with Crippen molar-refractivity contribution >= 4 is 27.5 Å². The number of benzene rings is 1. The third-order valence-corrected chi connectivity index (χ3v) is 3.35. The number of carbonyl (C=O) groups is 1. The van der Waals surface area contributed by atoms with Crippen molar-refractivity contribution in [3.05, 3.63) is 38.3 Å². The maximum absolute atomic E-state index is 12.1. The molecule has 0 heterocycles. The van der Waals surface area contributed by atoms with Crippen molar-refractivity contribution in [3.8, 4) is 0 Å². The van der Waals surface area contributed by atoms with E-state index in [1.165, 1.54) is 18.2 Å². The first-order valence-corrected chi connectivity index (χ1v) is 6.73. The molecule has 1 unspecified atom stereocenters. The summed E-state index contributed by atoms with van der Waals surface area (Å²) in [5, 5.41) is 13.5. The van der Waals surface area contributed by atoms with Gasteiger partial charge < -0.3 is 11.1 Å². The van der Waals surface area contributed by atoms with Crippen LogP contribution in [0, 0.1) is 10.1 Å². The van der Waals surface area contributed by atoms with Crippen LogP contribution in [0.25, 0.3) is 0 Å². The number of nitrogens with zero attached hydrogens (tertiary/aromatic N) is 1. The van der Waals surface area contributed by atoms with Crippen molar-refractivity contribution in [2.45, 2.75) is 25.8 Å². The lowest BCUT2D eigenvalue weighted by molar-refractivity contribution is -0.384. The minimum Gasteiger partial charge on any atom is -0.348 e. The second-order valence-electron chi connectivity index (χ2n) is 4.12. The number of amides is 1. The zero-order valence-electron chi connectivity index (χ0n) is 10.6. The zero-order chi connectivity index (χ0) is 14.4. The molecule has 0 aliphatic heterocycles. The predicted octanol–water partition coefficient (Wildman–Crippen LogP) is 2.21. The molecule has 19 heavy (non-hydrogen) atoms. The van der Waals surface area contributed by atoms with E-state index in [0.717, 1.165) is 12.8 Å². The molecule has 1 aromatic rings. The second kappa shape index (κ2) is 7.20. The van der Waals surface area contributed by atoms with Gasteiger partial charge in [0, 0.05) is 29.2 Å². The normalized spacial score (nSPS) is 11.9. The number of non-ortho nitro benzene ring substituents is 1. The van der Waals surface area contributed by atoms with E-state index in [0.29, 0.717) is 11.0 Å². The fraction of sp³-hybridized carbons (Fsp3) is 0.417. The van der Waals surface area contributed by atoms with Gasteiger partial charge in [0.05, 0.1) is 10.5 Å². The molecule has 1 rings (SSSR count). The summed E-state index contributed by atoms with van der Waals surface area (Å²) in [7, 11) is 0.